The molecule has 6 rings (SSSR count). The van der Waals surface area contributed by atoms with Crippen LogP contribution >= 0.6 is 0 Å². The van der Waals surface area contributed by atoms with Crippen molar-refractivity contribution in [2.45, 2.75) is 31.1 Å². The van der Waals surface area contributed by atoms with Gasteiger partial charge < -0.3 is 29.2 Å². The Kier molecular flexibility index (Phi) is 7.37. The van der Waals surface area contributed by atoms with Crippen LogP contribution < -0.4 is 15.0 Å². The first kappa shape index (κ1) is 28.4. The second kappa shape index (κ2) is 11.2. The molecule has 0 atom stereocenters. The predicted molar refractivity (Wildman–Crippen MR) is 155 cm³/mol. The fourth-order valence-corrected chi connectivity index (χ4v) is 6.03. The van der Waals surface area contributed by atoms with Gasteiger partial charge in [-0.3, -0.25) is 4.79 Å². The highest BCUT2D eigenvalue weighted by Gasteiger charge is 2.51. The van der Waals surface area contributed by atoms with Gasteiger partial charge in [0.2, 0.25) is 5.91 Å². The topological polar surface area (TPSA) is 82.4 Å². The second-order valence-electron chi connectivity index (χ2n) is 11.0. The number of carbonyl (C=O) groups is 2. The lowest BCUT2D eigenvalue weighted by Crippen LogP contribution is -2.54. The predicted octanol–water partition coefficient (Wildman–Crippen LogP) is 5.28. The van der Waals surface area contributed by atoms with Crippen molar-refractivity contribution in [2.75, 3.05) is 43.5 Å². The average molecular weight is 593 g/mol. The zero-order valence-corrected chi connectivity index (χ0v) is 23.6. The molecule has 2 aliphatic heterocycles. The number of alkyl halides is 3. The molecule has 9 nitrogen and oxygen atoms in total. The molecule has 2 aromatic heterocycles. The summed E-state index contributed by atoms with van der Waals surface area (Å²) in [6.07, 6.45) is 2.55. The number of hydrogen-bond donors (Lipinski definition) is 1. The number of rotatable bonds is 7. The van der Waals surface area contributed by atoms with Gasteiger partial charge in [-0.15, -0.1) is 0 Å². The van der Waals surface area contributed by atoms with Crippen LogP contribution in [0.2, 0.25) is 0 Å². The van der Waals surface area contributed by atoms with Crippen LogP contribution in [0.3, 0.4) is 0 Å². The van der Waals surface area contributed by atoms with Crippen LogP contribution in [-0.4, -0.2) is 70.0 Å². The van der Waals surface area contributed by atoms with Gasteiger partial charge in [0.25, 0.3) is 0 Å². The van der Waals surface area contributed by atoms with E-state index in [1.807, 2.05) is 58.1 Å². The number of nitrogens with one attached hydrogen (secondary N) is 1. The molecule has 0 unspecified atom stereocenters. The van der Waals surface area contributed by atoms with E-state index in [1.54, 1.807) is 13.3 Å². The summed E-state index contributed by atoms with van der Waals surface area (Å²) in [5.41, 5.74) is 0.875. The number of urea groups is 1. The molecule has 0 radical (unpaired) electrons. The number of aromatic nitrogens is 2. The first-order chi connectivity index (χ1) is 20.6. The van der Waals surface area contributed by atoms with Gasteiger partial charge in [0.15, 0.2) is 5.82 Å². The van der Waals surface area contributed by atoms with Crippen molar-refractivity contribution in [1.82, 2.24) is 19.2 Å². The molecular weight excluding hydrogens is 561 g/mol. The molecular formula is C31H31F3N6O3. The molecule has 3 amide bonds. The molecule has 4 heterocycles. The van der Waals surface area contributed by atoms with Crippen LogP contribution in [0.5, 0.6) is 5.75 Å². The summed E-state index contributed by atoms with van der Waals surface area (Å²) in [4.78, 5) is 37.1. The van der Waals surface area contributed by atoms with Crippen LogP contribution in [-0.2, 0) is 17.5 Å². The van der Waals surface area contributed by atoms with Gasteiger partial charge >= 0.3 is 12.2 Å². The van der Waals surface area contributed by atoms with Crippen LogP contribution in [0, 0.1) is 0 Å². The van der Waals surface area contributed by atoms with Gasteiger partial charge in [0.05, 0.1) is 23.7 Å². The summed E-state index contributed by atoms with van der Waals surface area (Å²) in [5.74, 6) is 1.13. The van der Waals surface area contributed by atoms with E-state index in [0.29, 0.717) is 44.8 Å². The van der Waals surface area contributed by atoms with Crippen molar-refractivity contribution in [2.24, 2.45) is 0 Å². The molecule has 2 fully saturated rings. The van der Waals surface area contributed by atoms with E-state index in [1.165, 1.54) is 17.0 Å². The lowest BCUT2D eigenvalue weighted by atomic mass is 9.86. The van der Waals surface area contributed by atoms with E-state index in [9.17, 15) is 22.8 Å². The van der Waals surface area contributed by atoms with Gasteiger partial charge in [0, 0.05) is 50.5 Å². The lowest BCUT2D eigenvalue weighted by molar-refractivity contribution is -0.137. The number of methoxy groups -OCH3 is 1. The number of carbonyl (C=O) groups excluding carboxylic acids is 2. The zero-order valence-electron chi connectivity index (χ0n) is 23.6. The van der Waals surface area contributed by atoms with E-state index in [0.717, 1.165) is 29.0 Å². The summed E-state index contributed by atoms with van der Waals surface area (Å²) in [7, 11) is 1.60. The van der Waals surface area contributed by atoms with Crippen molar-refractivity contribution >= 4 is 29.0 Å². The van der Waals surface area contributed by atoms with E-state index >= 15 is 0 Å². The molecule has 2 aromatic carbocycles. The summed E-state index contributed by atoms with van der Waals surface area (Å²) in [6.45, 7) is 1.87. The van der Waals surface area contributed by atoms with Gasteiger partial charge in [0.1, 0.15) is 12.3 Å². The van der Waals surface area contributed by atoms with Crippen LogP contribution in [0.15, 0.2) is 79.3 Å². The number of hydrogen-bond acceptors (Lipinski definition) is 5. The Hall–Kier alpha value is -4.74. The van der Waals surface area contributed by atoms with E-state index in [2.05, 4.69) is 15.2 Å². The zero-order chi connectivity index (χ0) is 30.2. The largest absolute Gasteiger partial charge is 0.497 e. The summed E-state index contributed by atoms with van der Waals surface area (Å²) in [6, 6.07) is 15.5. The molecule has 2 saturated heterocycles. The number of ether oxygens (including phenoxy) is 1. The Morgan fingerprint density at radius 3 is 2.42 bits per heavy atom. The van der Waals surface area contributed by atoms with E-state index in [-0.39, 0.29) is 18.3 Å². The third-order valence-electron chi connectivity index (χ3n) is 8.32. The fraction of sp³-hybridized carbons (Fsp3) is 0.323. The number of piperidine rings is 1. The summed E-state index contributed by atoms with van der Waals surface area (Å²) >= 11 is 0. The number of fused-ring (bicyclic) bond motifs is 1. The normalized spacial score (nSPS) is 16.7. The lowest BCUT2D eigenvalue weighted by Gasteiger charge is -2.44. The third kappa shape index (κ3) is 5.69. The molecule has 0 saturated carbocycles. The van der Waals surface area contributed by atoms with Crippen molar-refractivity contribution < 1.29 is 27.5 Å². The van der Waals surface area contributed by atoms with Gasteiger partial charge in [-0.25, -0.2) is 9.78 Å². The molecule has 12 heteroatoms. The van der Waals surface area contributed by atoms with E-state index in [4.69, 9.17) is 4.74 Å². The first-order valence-corrected chi connectivity index (χ1v) is 14.0. The molecule has 2 aliphatic rings. The van der Waals surface area contributed by atoms with Gasteiger partial charge in [-0.1, -0.05) is 12.1 Å². The van der Waals surface area contributed by atoms with Gasteiger partial charge in [-0.05, 0) is 66.9 Å². The second-order valence-corrected chi connectivity index (χ2v) is 11.0. The Morgan fingerprint density at radius 2 is 1.74 bits per heavy atom. The molecule has 43 heavy (non-hydrogen) atoms. The molecule has 224 valence electrons. The standard InChI is InChI=1S/C31H31F3N6O3/c1-43-25-10-4-22(5-11-25)19-40-29(42)39(20-27(41)36-24-8-6-23(7-9-24)31(32,33)34)21-30(40)12-16-38(17-13-30)28-26-3-2-15-37(26)18-14-35-28/h2-11,14-15,18H,12-13,16-17,19-21H2,1H3,(H,36,41). The number of benzene rings is 2. The molecule has 0 aliphatic carbocycles. The number of nitrogens with zero attached hydrogens (tertiary/aromatic N) is 5. The number of amides is 3. The minimum absolute atomic E-state index is 0.213. The highest BCUT2D eigenvalue weighted by molar-refractivity contribution is 5.95. The molecule has 0 bridgehead atoms. The maximum absolute atomic E-state index is 13.8. The average Bonchev–Trinajstić information content (AvgIpc) is 3.57. The number of halogens is 3. The summed E-state index contributed by atoms with van der Waals surface area (Å²) in [5, 5.41) is 2.63. The SMILES string of the molecule is COc1ccc(CN2C(=O)N(CC(=O)Nc3ccc(C(F)(F)F)cc3)CC23CCN(c2nccn4cccc24)CC3)cc1. The first-order valence-electron chi connectivity index (χ1n) is 14.0. The van der Waals surface area contributed by atoms with Crippen molar-refractivity contribution in [3.8, 4) is 5.75 Å². The highest BCUT2D eigenvalue weighted by Crippen LogP contribution is 2.39. The Balaban J connectivity index is 1.20. The van der Waals surface area contributed by atoms with Crippen LogP contribution in [0.1, 0.15) is 24.0 Å². The van der Waals surface area contributed by atoms with Crippen LogP contribution in [0.4, 0.5) is 29.5 Å². The molecule has 1 N–H and O–H groups in total. The minimum atomic E-state index is -4.47. The minimum Gasteiger partial charge on any atom is -0.497 e. The molecule has 4 aromatic rings. The van der Waals surface area contributed by atoms with Crippen LogP contribution in [0.25, 0.3) is 5.52 Å². The third-order valence-corrected chi connectivity index (χ3v) is 8.32. The number of anilines is 2. The molecule has 1 spiro atoms. The maximum Gasteiger partial charge on any atom is 0.416 e. The monoisotopic (exact) mass is 592 g/mol. The fourth-order valence-electron chi connectivity index (χ4n) is 6.03. The van der Waals surface area contributed by atoms with Crippen molar-refractivity contribution in [3.05, 3.63) is 90.4 Å². The smallest absolute Gasteiger partial charge is 0.416 e. The highest BCUT2D eigenvalue weighted by atomic mass is 19.4. The Bertz CT molecular complexity index is 1610. The maximum atomic E-state index is 13.8. The summed E-state index contributed by atoms with van der Waals surface area (Å²) < 4.78 is 46.1. The Morgan fingerprint density at radius 1 is 1.02 bits per heavy atom. The quantitative estimate of drug-likeness (QED) is 0.316. The van der Waals surface area contributed by atoms with Crippen molar-refractivity contribution in [3.63, 3.8) is 0 Å². The van der Waals surface area contributed by atoms with E-state index < -0.39 is 23.2 Å². The van der Waals surface area contributed by atoms with Gasteiger partial charge in [-0.2, -0.15) is 13.2 Å². The van der Waals surface area contributed by atoms with Crippen molar-refractivity contribution in [1.29, 1.82) is 0 Å². The Labute approximate surface area is 246 Å².